The third kappa shape index (κ3) is 2.53. The van der Waals surface area contributed by atoms with Crippen LogP contribution in [0.4, 0.5) is 0 Å². The van der Waals surface area contributed by atoms with E-state index in [1.165, 1.54) is 10.1 Å². The summed E-state index contributed by atoms with van der Waals surface area (Å²) < 4.78 is 1.21. The predicted molar refractivity (Wildman–Crippen MR) is 84.0 cm³/mol. The Balaban J connectivity index is 1.94. The molecule has 5 heteroatoms. The van der Waals surface area contributed by atoms with Crippen LogP contribution in [0.2, 0.25) is 0 Å². The fraction of sp³-hybridized carbons (Fsp3) is 0.375. The molecular weight excluding hydrogens is 284 g/mol. The second kappa shape index (κ2) is 5.48. The molecule has 1 N–H and O–H groups in total. The molecule has 2 aromatic rings. The zero-order valence-corrected chi connectivity index (χ0v) is 12.9. The van der Waals surface area contributed by atoms with E-state index in [4.69, 9.17) is 0 Å². The molecule has 2 amide bonds. The first-order valence-electron chi connectivity index (χ1n) is 7.10. The highest BCUT2D eigenvalue weighted by Gasteiger charge is 2.36. The lowest BCUT2D eigenvalue weighted by atomic mass is 9.98. The van der Waals surface area contributed by atoms with Crippen molar-refractivity contribution in [2.75, 3.05) is 6.54 Å². The van der Waals surface area contributed by atoms with Gasteiger partial charge in [0.1, 0.15) is 6.04 Å². The summed E-state index contributed by atoms with van der Waals surface area (Å²) in [5, 5.41) is 5.94. The van der Waals surface area contributed by atoms with Gasteiger partial charge in [-0.2, -0.15) is 0 Å². The Morgan fingerprint density at radius 2 is 2.10 bits per heavy atom. The molecular formula is C16H18N2O2S. The summed E-state index contributed by atoms with van der Waals surface area (Å²) in [6.45, 7) is 4.55. The summed E-state index contributed by atoms with van der Waals surface area (Å²) in [5.41, 5.74) is 1.12. The first kappa shape index (κ1) is 14.1. The van der Waals surface area contributed by atoms with Gasteiger partial charge in [0.15, 0.2) is 0 Å². The summed E-state index contributed by atoms with van der Waals surface area (Å²) in [5.74, 6) is 0.0341. The quantitative estimate of drug-likeness (QED) is 0.946. The average Bonchev–Trinajstić information content (AvgIpc) is 2.86. The summed E-state index contributed by atoms with van der Waals surface area (Å²) in [6.07, 6.45) is 0. The fourth-order valence-corrected chi connectivity index (χ4v) is 3.81. The van der Waals surface area contributed by atoms with Crippen LogP contribution in [-0.2, 0) is 16.1 Å². The van der Waals surface area contributed by atoms with Crippen molar-refractivity contribution in [3.8, 4) is 0 Å². The van der Waals surface area contributed by atoms with Gasteiger partial charge in [-0.05, 0) is 28.3 Å². The molecule has 1 fully saturated rings. The number of amides is 2. The molecule has 0 aliphatic carbocycles. The van der Waals surface area contributed by atoms with E-state index < -0.39 is 0 Å². The number of hydrogen-bond acceptors (Lipinski definition) is 3. The second-order valence-electron chi connectivity index (χ2n) is 5.69. The van der Waals surface area contributed by atoms with E-state index in [2.05, 4.69) is 22.8 Å². The van der Waals surface area contributed by atoms with Crippen LogP contribution in [0, 0.1) is 5.92 Å². The number of nitrogens with zero attached hydrogens (tertiary/aromatic N) is 1. The smallest absolute Gasteiger partial charge is 0.243 e. The van der Waals surface area contributed by atoms with Crippen molar-refractivity contribution in [2.24, 2.45) is 5.92 Å². The van der Waals surface area contributed by atoms with Gasteiger partial charge in [0.2, 0.25) is 11.8 Å². The van der Waals surface area contributed by atoms with Crippen LogP contribution in [-0.4, -0.2) is 29.3 Å². The zero-order chi connectivity index (χ0) is 15.0. The maximum absolute atomic E-state index is 12.2. The molecule has 0 saturated carbocycles. The number of nitrogens with one attached hydrogen (secondary N) is 1. The van der Waals surface area contributed by atoms with Crippen molar-refractivity contribution in [1.29, 1.82) is 0 Å². The van der Waals surface area contributed by atoms with E-state index in [0.717, 1.165) is 5.56 Å². The molecule has 4 nitrogen and oxygen atoms in total. The molecule has 1 atom stereocenters. The van der Waals surface area contributed by atoms with Crippen molar-refractivity contribution in [2.45, 2.75) is 26.4 Å². The van der Waals surface area contributed by atoms with Gasteiger partial charge in [0.25, 0.3) is 0 Å². The van der Waals surface area contributed by atoms with Crippen molar-refractivity contribution < 1.29 is 9.59 Å². The summed E-state index contributed by atoms with van der Waals surface area (Å²) in [7, 11) is 0. The van der Waals surface area contributed by atoms with Crippen molar-refractivity contribution >= 4 is 33.2 Å². The number of carbonyl (C=O) groups excluding carboxylic acids is 2. The molecule has 2 heterocycles. The second-order valence-corrected chi connectivity index (χ2v) is 6.60. The number of rotatable bonds is 3. The van der Waals surface area contributed by atoms with Gasteiger partial charge < -0.3 is 10.2 Å². The highest BCUT2D eigenvalue weighted by molar-refractivity contribution is 7.17. The first-order valence-corrected chi connectivity index (χ1v) is 7.98. The Morgan fingerprint density at radius 3 is 2.86 bits per heavy atom. The van der Waals surface area contributed by atoms with Crippen LogP contribution < -0.4 is 5.32 Å². The molecule has 1 aromatic heterocycles. The molecule has 1 unspecified atom stereocenters. The topological polar surface area (TPSA) is 49.4 Å². The molecule has 1 aromatic carbocycles. The summed E-state index contributed by atoms with van der Waals surface area (Å²) >= 11 is 1.68. The Hall–Kier alpha value is -1.88. The molecule has 0 spiro atoms. The van der Waals surface area contributed by atoms with E-state index in [-0.39, 0.29) is 30.3 Å². The van der Waals surface area contributed by atoms with Crippen LogP contribution in [0.3, 0.4) is 0 Å². The maximum Gasteiger partial charge on any atom is 0.243 e. The summed E-state index contributed by atoms with van der Waals surface area (Å²) in [6, 6.07) is 7.78. The molecule has 21 heavy (non-hydrogen) atoms. The molecule has 1 aliphatic heterocycles. The van der Waals surface area contributed by atoms with Gasteiger partial charge in [-0.3, -0.25) is 9.59 Å². The number of fused-ring (bicyclic) bond motifs is 1. The van der Waals surface area contributed by atoms with E-state index in [0.29, 0.717) is 6.54 Å². The molecule has 1 saturated heterocycles. The minimum absolute atomic E-state index is 0.0106. The Morgan fingerprint density at radius 1 is 1.33 bits per heavy atom. The molecule has 1 aliphatic rings. The normalized spacial score (nSPS) is 19.4. The number of benzene rings is 1. The number of piperazine rings is 1. The third-order valence-corrected chi connectivity index (χ3v) is 4.88. The maximum atomic E-state index is 12.2. The van der Waals surface area contributed by atoms with Crippen LogP contribution in [0.15, 0.2) is 29.6 Å². The predicted octanol–water partition coefficient (Wildman–Crippen LogP) is 2.38. The standard InChI is InChI=1S/C16H18N2O2S/c1-10(2)15-16(20)17-7-14(19)18(15)8-11-9-21-13-6-4-3-5-12(11)13/h3-6,9-10,15H,7-8H2,1-2H3,(H,17,20). The highest BCUT2D eigenvalue weighted by Crippen LogP contribution is 2.28. The van der Waals surface area contributed by atoms with Gasteiger partial charge >= 0.3 is 0 Å². The monoisotopic (exact) mass is 302 g/mol. The van der Waals surface area contributed by atoms with E-state index in [1.54, 1.807) is 16.2 Å². The summed E-state index contributed by atoms with van der Waals surface area (Å²) in [4.78, 5) is 26.0. The molecule has 0 radical (unpaired) electrons. The van der Waals surface area contributed by atoms with E-state index >= 15 is 0 Å². The molecule has 0 bridgehead atoms. The van der Waals surface area contributed by atoms with Gasteiger partial charge in [-0.1, -0.05) is 32.0 Å². The minimum Gasteiger partial charge on any atom is -0.345 e. The van der Waals surface area contributed by atoms with Gasteiger partial charge in [-0.25, -0.2) is 0 Å². The SMILES string of the molecule is CC(C)C1C(=O)NCC(=O)N1Cc1csc2ccccc12. The molecule has 110 valence electrons. The lowest BCUT2D eigenvalue weighted by Crippen LogP contribution is -2.59. The Kier molecular flexibility index (Phi) is 3.68. The highest BCUT2D eigenvalue weighted by atomic mass is 32.1. The zero-order valence-electron chi connectivity index (χ0n) is 12.1. The van der Waals surface area contributed by atoms with Crippen LogP contribution >= 0.6 is 11.3 Å². The van der Waals surface area contributed by atoms with Crippen molar-refractivity contribution in [3.05, 3.63) is 35.2 Å². The van der Waals surface area contributed by atoms with Gasteiger partial charge in [0.05, 0.1) is 6.54 Å². The Labute approximate surface area is 127 Å². The number of carbonyl (C=O) groups is 2. The van der Waals surface area contributed by atoms with Crippen LogP contribution in [0.25, 0.3) is 10.1 Å². The van der Waals surface area contributed by atoms with E-state index in [9.17, 15) is 9.59 Å². The fourth-order valence-electron chi connectivity index (χ4n) is 2.85. The van der Waals surface area contributed by atoms with Gasteiger partial charge in [-0.15, -0.1) is 11.3 Å². The average molecular weight is 302 g/mol. The Bertz CT molecular complexity index is 692. The third-order valence-electron chi connectivity index (χ3n) is 3.87. The minimum atomic E-state index is -0.384. The lowest BCUT2D eigenvalue weighted by Gasteiger charge is -2.37. The van der Waals surface area contributed by atoms with Crippen LogP contribution in [0.1, 0.15) is 19.4 Å². The van der Waals surface area contributed by atoms with Crippen molar-refractivity contribution in [3.63, 3.8) is 0 Å². The first-order chi connectivity index (χ1) is 10.1. The molecule has 3 rings (SSSR count). The lowest BCUT2D eigenvalue weighted by molar-refractivity contribution is -0.148. The van der Waals surface area contributed by atoms with Gasteiger partial charge in [0, 0.05) is 11.2 Å². The number of thiophene rings is 1. The largest absolute Gasteiger partial charge is 0.345 e. The number of hydrogen-bond donors (Lipinski definition) is 1. The van der Waals surface area contributed by atoms with E-state index in [1.807, 2.05) is 26.0 Å². The van der Waals surface area contributed by atoms with Crippen LogP contribution in [0.5, 0.6) is 0 Å². The van der Waals surface area contributed by atoms with Crippen molar-refractivity contribution in [1.82, 2.24) is 10.2 Å².